The molecule has 0 atom stereocenters. The molecule has 0 fully saturated rings. The second-order valence-corrected chi connectivity index (χ2v) is 5.62. The summed E-state index contributed by atoms with van der Waals surface area (Å²) < 4.78 is 36.9. The number of carboxylic acid groups (broad SMARTS) is 1. The number of hydrogen-bond donors (Lipinski definition) is 1. The molecule has 0 saturated heterocycles. The lowest BCUT2D eigenvalue weighted by atomic mass is 10.2. The van der Waals surface area contributed by atoms with Gasteiger partial charge in [-0.05, 0) is 25.1 Å². The number of aromatic carboxylic acids is 1. The molecule has 1 rings (SSSR count). The summed E-state index contributed by atoms with van der Waals surface area (Å²) in [4.78, 5) is 10.1. The van der Waals surface area contributed by atoms with Gasteiger partial charge in [-0.3, -0.25) is 0 Å². The van der Waals surface area contributed by atoms with Crippen LogP contribution in [0, 0.1) is 5.82 Å². The third-order valence-corrected chi connectivity index (χ3v) is 3.81. The Balaban J connectivity index is 3.35. The second-order valence-electron chi connectivity index (χ2n) is 3.67. The van der Waals surface area contributed by atoms with Gasteiger partial charge < -0.3 is 5.11 Å². The second kappa shape index (κ2) is 4.67. The van der Waals surface area contributed by atoms with Crippen molar-refractivity contribution in [3.8, 4) is 0 Å². The van der Waals surface area contributed by atoms with Gasteiger partial charge in [0.2, 0.25) is 0 Å². The molecule has 92 valence electrons. The molecule has 1 aromatic rings. The molecular weight excluding hydrogens is 247 g/mol. The third-order valence-electron chi connectivity index (χ3n) is 1.95. The van der Waals surface area contributed by atoms with E-state index in [1.54, 1.807) is 0 Å². The molecule has 1 aromatic carbocycles. The standard InChI is InChI=1S/C11H11FO4S/c1-7(2)6-17(15,16)10-5-8(11(13)14)3-4-9(10)12/h3-5H,1,6H2,2H3,(H,13,14). The summed E-state index contributed by atoms with van der Waals surface area (Å²) in [5, 5.41) is 8.71. The molecule has 0 heterocycles. The molecule has 0 saturated carbocycles. The van der Waals surface area contributed by atoms with Crippen LogP contribution in [0.3, 0.4) is 0 Å². The van der Waals surface area contributed by atoms with E-state index in [0.29, 0.717) is 5.57 Å². The number of sulfone groups is 1. The quantitative estimate of drug-likeness (QED) is 0.837. The number of hydrogen-bond acceptors (Lipinski definition) is 3. The highest BCUT2D eigenvalue weighted by Gasteiger charge is 2.21. The van der Waals surface area contributed by atoms with E-state index in [1.807, 2.05) is 0 Å². The Bertz CT molecular complexity index is 575. The van der Waals surface area contributed by atoms with Gasteiger partial charge in [0.05, 0.1) is 11.3 Å². The van der Waals surface area contributed by atoms with Crippen LogP contribution in [0.1, 0.15) is 17.3 Å². The van der Waals surface area contributed by atoms with Crippen LogP contribution in [0.2, 0.25) is 0 Å². The van der Waals surface area contributed by atoms with E-state index >= 15 is 0 Å². The normalized spacial score (nSPS) is 11.2. The Kier molecular flexibility index (Phi) is 3.67. The van der Waals surface area contributed by atoms with Crippen molar-refractivity contribution in [3.05, 3.63) is 41.7 Å². The molecule has 0 aliphatic rings. The molecule has 4 nitrogen and oxygen atoms in total. The smallest absolute Gasteiger partial charge is 0.335 e. The van der Waals surface area contributed by atoms with Crippen LogP contribution in [0.5, 0.6) is 0 Å². The van der Waals surface area contributed by atoms with Gasteiger partial charge in [-0.1, -0.05) is 12.2 Å². The SMILES string of the molecule is C=C(C)CS(=O)(=O)c1cc(C(=O)O)ccc1F. The Morgan fingerprint density at radius 2 is 2.06 bits per heavy atom. The average molecular weight is 258 g/mol. The van der Waals surface area contributed by atoms with E-state index in [2.05, 4.69) is 6.58 Å². The molecule has 1 N–H and O–H groups in total. The Labute approximate surface area is 98.3 Å². The maximum absolute atomic E-state index is 13.4. The lowest BCUT2D eigenvalue weighted by Gasteiger charge is -2.06. The van der Waals surface area contributed by atoms with Gasteiger partial charge in [-0.2, -0.15) is 0 Å². The lowest BCUT2D eigenvalue weighted by Crippen LogP contribution is -2.11. The summed E-state index contributed by atoms with van der Waals surface area (Å²) in [7, 11) is -3.88. The van der Waals surface area contributed by atoms with E-state index in [1.165, 1.54) is 6.92 Å². The fourth-order valence-electron chi connectivity index (χ4n) is 1.28. The summed E-state index contributed by atoms with van der Waals surface area (Å²) in [6.45, 7) is 4.93. The maximum atomic E-state index is 13.4. The third kappa shape index (κ3) is 3.13. The minimum absolute atomic E-state index is 0.272. The van der Waals surface area contributed by atoms with E-state index in [0.717, 1.165) is 18.2 Å². The average Bonchev–Trinajstić information content (AvgIpc) is 2.15. The largest absolute Gasteiger partial charge is 0.478 e. The minimum Gasteiger partial charge on any atom is -0.478 e. The number of carboxylic acids is 1. The molecule has 0 aliphatic heterocycles. The summed E-state index contributed by atoms with van der Waals surface area (Å²) >= 11 is 0. The first kappa shape index (κ1) is 13.4. The molecule has 6 heteroatoms. The Morgan fingerprint density at radius 3 is 2.53 bits per heavy atom. The van der Waals surface area contributed by atoms with Crippen molar-refractivity contribution >= 4 is 15.8 Å². The van der Waals surface area contributed by atoms with Crippen molar-refractivity contribution < 1.29 is 22.7 Å². The highest BCUT2D eigenvalue weighted by Crippen LogP contribution is 2.19. The van der Waals surface area contributed by atoms with Gasteiger partial charge in [0.15, 0.2) is 9.84 Å². The first-order valence-corrected chi connectivity index (χ1v) is 6.29. The fraction of sp³-hybridized carbons (Fsp3) is 0.182. The zero-order valence-corrected chi connectivity index (χ0v) is 9.92. The van der Waals surface area contributed by atoms with Gasteiger partial charge >= 0.3 is 5.97 Å². The topological polar surface area (TPSA) is 71.4 Å². The molecule has 0 aromatic heterocycles. The molecule has 0 spiro atoms. The molecule has 0 unspecified atom stereocenters. The Morgan fingerprint density at radius 1 is 1.47 bits per heavy atom. The van der Waals surface area contributed by atoms with E-state index in [-0.39, 0.29) is 5.56 Å². The summed E-state index contributed by atoms with van der Waals surface area (Å²) in [6.07, 6.45) is 0. The van der Waals surface area contributed by atoms with Gasteiger partial charge in [0.25, 0.3) is 0 Å². The zero-order valence-electron chi connectivity index (χ0n) is 9.10. The van der Waals surface area contributed by atoms with Crippen molar-refractivity contribution in [2.24, 2.45) is 0 Å². The number of halogens is 1. The first-order valence-electron chi connectivity index (χ1n) is 4.64. The van der Waals surface area contributed by atoms with Crippen molar-refractivity contribution in [1.29, 1.82) is 0 Å². The minimum atomic E-state index is -3.88. The van der Waals surface area contributed by atoms with Gasteiger partial charge in [-0.15, -0.1) is 0 Å². The van der Waals surface area contributed by atoms with Gasteiger partial charge in [0, 0.05) is 0 Å². The van der Waals surface area contributed by atoms with E-state index < -0.39 is 32.3 Å². The van der Waals surface area contributed by atoms with Crippen molar-refractivity contribution in [1.82, 2.24) is 0 Å². The molecule has 0 amide bonds. The predicted molar refractivity (Wildman–Crippen MR) is 60.2 cm³/mol. The molecular formula is C11H11FO4S. The summed E-state index contributed by atoms with van der Waals surface area (Å²) in [5.41, 5.74) is 0.0804. The lowest BCUT2D eigenvalue weighted by molar-refractivity contribution is 0.0696. The van der Waals surface area contributed by atoms with Crippen molar-refractivity contribution in [2.45, 2.75) is 11.8 Å². The predicted octanol–water partition coefficient (Wildman–Crippen LogP) is 1.87. The fourth-order valence-corrected chi connectivity index (χ4v) is 2.75. The highest BCUT2D eigenvalue weighted by molar-refractivity contribution is 7.91. The number of carbonyl (C=O) groups is 1. The number of rotatable bonds is 4. The highest BCUT2D eigenvalue weighted by atomic mass is 32.2. The van der Waals surface area contributed by atoms with Crippen LogP contribution in [0.25, 0.3) is 0 Å². The van der Waals surface area contributed by atoms with Crippen LogP contribution >= 0.6 is 0 Å². The number of benzene rings is 1. The first-order chi connectivity index (χ1) is 7.74. The van der Waals surface area contributed by atoms with Crippen molar-refractivity contribution in [2.75, 3.05) is 5.75 Å². The van der Waals surface area contributed by atoms with Crippen LogP contribution in [0.15, 0.2) is 35.2 Å². The van der Waals surface area contributed by atoms with Gasteiger partial charge in [-0.25, -0.2) is 17.6 Å². The molecule has 0 bridgehead atoms. The molecule has 17 heavy (non-hydrogen) atoms. The van der Waals surface area contributed by atoms with Crippen LogP contribution < -0.4 is 0 Å². The van der Waals surface area contributed by atoms with E-state index in [4.69, 9.17) is 5.11 Å². The zero-order chi connectivity index (χ0) is 13.2. The maximum Gasteiger partial charge on any atom is 0.335 e. The monoisotopic (exact) mass is 258 g/mol. The van der Waals surface area contributed by atoms with E-state index in [9.17, 15) is 17.6 Å². The van der Waals surface area contributed by atoms with Crippen molar-refractivity contribution in [3.63, 3.8) is 0 Å². The summed E-state index contributed by atoms with van der Waals surface area (Å²) in [6, 6.07) is 2.65. The Hall–Kier alpha value is -1.69. The van der Waals surface area contributed by atoms with Crippen LogP contribution in [-0.4, -0.2) is 25.2 Å². The summed E-state index contributed by atoms with van der Waals surface area (Å²) in [5.74, 6) is -2.68. The van der Waals surface area contributed by atoms with Gasteiger partial charge in [0.1, 0.15) is 10.7 Å². The van der Waals surface area contributed by atoms with Crippen LogP contribution in [-0.2, 0) is 9.84 Å². The van der Waals surface area contributed by atoms with Crippen LogP contribution in [0.4, 0.5) is 4.39 Å². The molecule has 0 aliphatic carbocycles. The molecule has 0 radical (unpaired) electrons.